The number of benzene rings is 1. The number of rotatable bonds is 8. The van der Waals surface area contributed by atoms with Crippen molar-refractivity contribution in [2.75, 3.05) is 25.4 Å². The summed E-state index contributed by atoms with van der Waals surface area (Å²) < 4.78 is 0. The van der Waals surface area contributed by atoms with Crippen LogP contribution < -0.4 is 5.73 Å². The predicted octanol–water partition coefficient (Wildman–Crippen LogP) is 2.25. The summed E-state index contributed by atoms with van der Waals surface area (Å²) >= 11 is 0. The van der Waals surface area contributed by atoms with Gasteiger partial charge in [-0.05, 0) is 44.0 Å². The Morgan fingerprint density at radius 1 is 1.18 bits per heavy atom. The number of aliphatic hydroxyl groups excluding tert-OH is 1. The highest BCUT2D eigenvalue weighted by Crippen LogP contribution is 2.13. The quantitative estimate of drug-likeness (QED) is 0.537. The second kappa shape index (κ2) is 8.09. The predicted molar refractivity (Wildman–Crippen MR) is 72.7 cm³/mol. The summed E-state index contributed by atoms with van der Waals surface area (Å²) in [6.45, 7) is 5.50. The van der Waals surface area contributed by atoms with E-state index in [0.717, 1.165) is 44.6 Å². The molecule has 0 radical (unpaired) electrons. The van der Waals surface area contributed by atoms with E-state index in [1.807, 2.05) is 18.2 Å². The molecule has 0 fully saturated rings. The Kier molecular flexibility index (Phi) is 6.67. The van der Waals surface area contributed by atoms with Crippen molar-refractivity contribution in [2.45, 2.75) is 32.7 Å². The first-order valence-electron chi connectivity index (χ1n) is 6.44. The van der Waals surface area contributed by atoms with E-state index in [1.54, 1.807) is 0 Å². The van der Waals surface area contributed by atoms with Gasteiger partial charge in [-0.25, -0.2) is 0 Å². The van der Waals surface area contributed by atoms with Gasteiger partial charge in [-0.2, -0.15) is 0 Å². The van der Waals surface area contributed by atoms with Crippen LogP contribution >= 0.6 is 0 Å². The maximum Gasteiger partial charge on any atom is 0.0431 e. The molecular weight excluding hydrogens is 212 g/mol. The fraction of sp³-hybridized carbons (Fsp3) is 0.571. The van der Waals surface area contributed by atoms with Gasteiger partial charge in [-0.3, -0.25) is 4.90 Å². The van der Waals surface area contributed by atoms with Crippen LogP contribution in [0.25, 0.3) is 0 Å². The third kappa shape index (κ3) is 5.20. The standard InChI is InChI=1S/C14H24N2O/c1-2-16(10-6-3-7-11-17)12-13-8-4-5-9-14(13)15/h4-5,8-9,17H,2-3,6-7,10-12,15H2,1H3. The van der Waals surface area contributed by atoms with E-state index < -0.39 is 0 Å². The van der Waals surface area contributed by atoms with Crippen LogP contribution in [0.5, 0.6) is 0 Å². The van der Waals surface area contributed by atoms with Crippen molar-refractivity contribution >= 4 is 5.69 Å². The van der Waals surface area contributed by atoms with E-state index in [9.17, 15) is 0 Å². The van der Waals surface area contributed by atoms with Crippen LogP contribution in [0.1, 0.15) is 31.7 Å². The number of nitrogens with zero attached hydrogens (tertiary/aromatic N) is 1. The van der Waals surface area contributed by atoms with Crippen molar-refractivity contribution < 1.29 is 5.11 Å². The zero-order valence-electron chi connectivity index (χ0n) is 10.7. The summed E-state index contributed by atoms with van der Waals surface area (Å²) in [5.74, 6) is 0. The van der Waals surface area contributed by atoms with Gasteiger partial charge in [0.2, 0.25) is 0 Å². The molecule has 0 bridgehead atoms. The number of unbranched alkanes of at least 4 members (excludes halogenated alkanes) is 2. The Bertz CT molecular complexity index is 315. The molecular formula is C14H24N2O. The van der Waals surface area contributed by atoms with Crippen LogP contribution in [-0.2, 0) is 6.54 Å². The van der Waals surface area contributed by atoms with Gasteiger partial charge in [0.05, 0.1) is 0 Å². The maximum atomic E-state index is 8.73. The molecule has 1 aromatic rings. The minimum absolute atomic E-state index is 0.303. The molecule has 96 valence electrons. The molecule has 3 nitrogen and oxygen atoms in total. The highest BCUT2D eigenvalue weighted by Gasteiger charge is 2.05. The zero-order valence-corrected chi connectivity index (χ0v) is 10.7. The van der Waals surface area contributed by atoms with Gasteiger partial charge in [0, 0.05) is 18.8 Å². The van der Waals surface area contributed by atoms with E-state index in [1.165, 1.54) is 5.56 Å². The molecule has 0 amide bonds. The average Bonchev–Trinajstić information content (AvgIpc) is 2.35. The minimum atomic E-state index is 0.303. The van der Waals surface area contributed by atoms with Crippen molar-refractivity contribution in [3.8, 4) is 0 Å². The van der Waals surface area contributed by atoms with Crippen LogP contribution in [0.4, 0.5) is 5.69 Å². The number of para-hydroxylation sites is 1. The van der Waals surface area contributed by atoms with E-state index in [0.29, 0.717) is 6.61 Å². The molecule has 0 aliphatic heterocycles. The molecule has 0 heterocycles. The van der Waals surface area contributed by atoms with E-state index in [2.05, 4.69) is 17.9 Å². The second-order valence-corrected chi connectivity index (χ2v) is 4.35. The number of hydrogen-bond acceptors (Lipinski definition) is 3. The third-order valence-corrected chi connectivity index (χ3v) is 3.03. The summed E-state index contributed by atoms with van der Waals surface area (Å²) in [5, 5.41) is 8.73. The molecule has 0 spiro atoms. The first kappa shape index (κ1) is 14.0. The van der Waals surface area contributed by atoms with Gasteiger partial charge >= 0.3 is 0 Å². The molecule has 0 aromatic heterocycles. The summed E-state index contributed by atoms with van der Waals surface area (Å²) in [6.07, 6.45) is 3.14. The minimum Gasteiger partial charge on any atom is -0.398 e. The van der Waals surface area contributed by atoms with Crippen LogP contribution in [0.15, 0.2) is 24.3 Å². The van der Waals surface area contributed by atoms with Gasteiger partial charge in [0.25, 0.3) is 0 Å². The van der Waals surface area contributed by atoms with Crippen LogP contribution in [0.2, 0.25) is 0 Å². The molecule has 3 N–H and O–H groups in total. The molecule has 0 aliphatic rings. The SMILES string of the molecule is CCN(CCCCCO)Cc1ccccc1N. The van der Waals surface area contributed by atoms with Gasteiger partial charge in [0.15, 0.2) is 0 Å². The van der Waals surface area contributed by atoms with E-state index in [4.69, 9.17) is 10.8 Å². The molecule has 0 saturated heterocycles. The summed E-state index contributed by atoms with van der Waals surface area (Å²) in [5.41, 5.74) is 8.02. The number of nitrogens with two attached hydrogens (primary N) is 1. The van der Waals surface area contributed by atoms with Crippen molar-refractivity contribution in [3.63, 3.8) is 0 Å². The highest BCUT2D eigenvalue weighted by atomic mass is 16.2. The molecule has 17 heavy (non-hydrogen) atoms. The highest BCUT2D eigenvalue weighted by molar-refractivity contribution is 5.46. The topological polar surface area (TPSA) is 49.5 Å². The largest absolute Gasteiger partial charge is 0.398 e. The monoisotopic (exact) mass is 236 g/mol. The third-order valence-electron chi connectivity index (χ3n) is 3.03. The van der Waals surface area contributed by atoms with Gasteiger partial charge < -0.3 is 10.8 Å². The molecule has 0 unspecified atom stereocenters. The average molecular weight is 236 g/mol. The maximum absolute atomic E-state index is 8.73. The first-order valence-corrected chi connectivity index (χ1v) is 6.44. The Labute approximate surface area is 104 Å². The molecule has 0 aliphatic carbocycles. The van der Waals surface area contributed by atoms with Gasteiger partial charge in [0.1, 0.15) is 0 Å². The number of aliphatic hydroxyl groups is 1. The van der Waals surface area contributed by atoms with E-state index in [-0.39, 0.29) is 0 Å². The number of nitrogen functional groups attached to an aromatic ring is 1. The zero-order chi connectivity index (χ0) is 12.5. The normalized spacial score (nSPS) is 11.0. The molecule has 1 rings (SSSR count). The number of anilines is 1. The van der Waals surface area contributed by atoms with Crippen LogP contribution in [-0.4, -0.2) is 29.7 Å². The van der Waals surface area contributed by atoms with Gasteiger partial charge in [-0.15, -0.1) is 0 Å². The Morgan fingerprint density at radius 3 is 2.59 bits per heavy atom. The van der Waals surface area contributed by atoms with Crippen molar-refractivity contribution in [3.05, 3.63) is 29.8 Å². The van der Waals surface area contributed by atoms with Crippen LogP contribution in [0.3, 0.4) is 0 Å². The summed E-state index contributed by atoms with van der Waals surface area (Å²) in [7, 11) is 0. The molecule has 0 atom stereocenters. The van der Waals surface area contributed by atoms with Crippen molar-refractivity contribution in [1.82, 2.24) is 4.90 Å². The molecule has 0 saturated carbocycles. The smallest absolute Gasteiger partial charge is 0.0431 e. The lowest BCUT2D eigenvalue weighted by molar-refractivity contribution is 0.255. The Hall–Kier alpha value is -1.06. The lowest BCUT2D eigenvalue weighted by atomic mass is 10.1. The summed E-state index contributed by atoms with van der Waals surface area (Å²) in [6, 6.07) is 8.04. The fourth-order valence-electron chi connectivity index (χ4n) is 1.89. The fourth-order valence-corrected chi connectivity index (χ4v) is 1.89. The molecule has 3 heteroatoms. The lowest BCUT2D eigenvalue weighted by Crippen LogP contribution is -2.24. The van der Waals surface area contributed by atoms with Gasteiger partial charge in [-0.1, -0.05) is 25.1 Å². The van der Waals surface area contributed by atoms with E-state index >= 15 is 0 Å². The number of hydrogen-bond donors (Lipinski definition) is 2. The lowest BCUT2D eigenvalue weighted by Gasteiger charge is -2.21. The van der Waals surface area contributed by atoms with Crippen LogP contribution in [0, 0.1) is 0 Å². The summed E-state index contributed by atoms with van der Waals surface area (Å²) in [4.78, 5) is 2.39. The molecule has 1 aromatic carbocycles. The Morgan fingerprint density at radius 2 is 1.94 bits per heavy atom. The first-order chi connectivity index (χ1) is 8.27. The van der Waals surface area contributed by atoms with Crippen molar-refractivity contribution in [2.24, 2.45) is 0 Å². The second-order valence-electron chi connectivity index (χ2n) is 4.35. The van der Waals surface area contributed by atoms with Crippen molar-refractivity contribution in [1.29, 1.82) is 0 Å². The Balaban J connectivity index is 2.38.